The second-order valence-electron chi connectivity index (χ2n) is 5.96. The largest absolute Gasteiger partial charge is 0.352 e. The van der Waals surface area contributed by atoms with Crippen molar-refractivity contribution in [3.05, 3.63) is 41.9 Å². The Morgan fingerprint density at radius 3 is 2.86 bits per heavy atom. The van der Waals surface area contributed by atoms with Gasteiger partial charge in [-0.2, -0.15) is 5.10 Å². The van der Waals surface area contributed by atoms with Crippen LogP contribution in [0.4, 0.5) is 0 Å². The lowest BCUT2D eigenvalue weighted by atomic mass is 9.89. The highest BCUT2D eigenvalue weighted by Crippen LogP contribution is 2.23. The molecule has 1 aliphatic rings. The topological polar surface area (TPSA) is 59.8 Å². The number of hydrogen-bond acceptors (Lipinski definition) is 3. The van der Waals surface area contributed by atoms with Crippen LogP contribution in [-0.2, 0) is 0 Å². The number of aromatic nitrogens is 3. The second kappa shape index (κ2) is 6.73. The summed E-state index contributed by atoms with van der Waals surface area (Å²) < 4.78 is 1.70. The zero-order valence-electron chi connectivity index (χ0n) is 13.0. The van der Waals surface area contributed by atoms with Gasteiger partial charge in [-0.3, -0.25) is 4.79 Å². The van der Waals surface area contributed by atoms with Crippen LogP contribution in [0.3, 0.4) is 0 Å². The van der Waals surface area contributed by atoms with E-state index in [2.05, 4.69) is 15.4 Å². The number of carbonyl (C=O) groups excluding carboxylic acids is 1. The lowest BCUT2D eigenvalue weighted by Crippen LogP contribution is -2.30. The molecule has 3 rings (SSSR count). The van der Waals surface area contributed by atoms with E-state index in [0.717, 1.165) is 18.1 Å². The quantitative estimate of drug-likeness (QED) is 0.944. The molecule has 1 aliphatic carbocycles. The van der Waals surface area contributed by atoms with E-state index >= 15 is 0 Å². The Kier molecular flexibility index (Phi) is 4.51. The van der Waals surface area contributed by atoms with E-state index in [1.807, 2.05) is 25.1 Å². The monoisotopic (exact) mass is 298 g/mol. The molecule has 2 aromatic heterocycles. The Bertz CT molecular complexity index is 629. The Hall–Kier alpha value is -2.17. The van der Waals surface area contributed by atoms with Crippen molar-refractivity contribution < 1.29 is 4.79 Å². The van der Waals surface area contributed by atoms with Gasteiger partial charge in [-0.05, 0) is 37.8 Å². The Morgan fingerprint density at radius 2 is 2.14 bits per heavy atom. The molecule has 0 bridgehead atoms. The van der Waals surface area contributed by atoms with Gasteiger partial charge in [-0.25, -0.2) is 9.67 Å². The second-order valence-corrected chi connectivity index (χ2v) is 5.96. The molecule has 1 saturated carbocycles. The van der Waals surface area contributed by atoms with Gasteiger partial charge in [0.15, 0.2) is 5.82 Å². The maximum atomic E-state index is 12.4. The van der Waals surface area contributed by atoms with Crippen LogP contribution >= 0.6 is 0 Å². The summed E-state index contributed by atoms with van der Waals surface area (Å²) in [5.74, 6) is 1.32. The van der Waals surface area contributed by atoms with E-state index in [-0.39, 0.29) is 5.91 Å². The van der Waals surface area contributed by atoms with Crippen molar-refractivity contribution in [3.63, 3.8) is 0 Å². The molecule has 2 aromatic rings. The highest BCUT2D eigenvalue weighted by Gasteiger charge is 2.18. The summed E-state index contributed by atoms with van der Waals surface area (Å²) in [7, 11) is 0. The molecule has 0 unspecified atom stereocenters. The fourth-order valence-electron chi connectivity index (χ4n) is 3.07. The van der Waals surface area contributed by atoms with E-state index < -0.39 is 0 Å². The van der Waals surface area contributed by atoms with Gasteiger partial charge in [-0.1, -0.05) is 25.3 Å². The predicted molar refractivity (Wildman–Crippen MR) is 85.0 cm³/mol. The van der Waals surface area contributed by atoms with Crippen molar-refractivity contribution in [2.24, 2.45) is 5.92 Å². The fourth-order valence-corrected chi connectivity index (χ4v) is 3.07. The van der Waals surface area contributed by atoms with Crippen LogP contribution in [0.2, 0.25) is 0 Å². The smallest absolute Gasteiger partial charge is 0.254 e. The molecule has 5 nitrogen and oxygen atoms in total. The minimum Gasteiger partial charge on any atom is -0.352 e. The Balaban J connectivity index is 1.67. The zero-order valence-corrected chi connectivity index (χ0v) is 13.0. The van der Waals surface area contributed by atoms with Gasteiger partial charge in [0.25, 0.3) is 5.91 Å². The Labute approximate surface area is 130 Å². The molecule has 0 atom stereocenters. The SMILES string of the molecule is Cc1c(C(=O)NCC2CCCCC2)cnn1-c1ccccn1. The molecular weight excluding hydrogens is 276 g/mol. The summed E-state index contributed by atoms with van der Waals surface area (Å²) in [4.78, 5) is 16.6. The first-order valence-electron chi connectivity index (χ1n) is 8.00. The van der Waals surface area contributed by atoms with E-state index in [9.17, 15) is 4.79 Å². The maximum Gasteiger partial charge on any atom is 0.254 e. The van der Waals surface area contributed by atoms with Crippen LogP contribution in [0.25, 0.3) is 5.82 Å². The maximum absolute atomic E-state index is 12.4. The number of rotatable bonds is 4. The van der Waals surface area contributed by atoms with Crippen LogP contribution in [0.15, 0.2) is 30.6 Å². The van der Waals surface area contributed by atoms with E-state index in [1.165, 1.54) is 32.1 Å². The Morgan fingerprint density at radius 1 is 1.32 bits per heavy atom. The number of carbonyl (C=O) groups is 1. The summed E-state index contributed by atoms with van der Waals surface area (Å²) in [5.41, 5.74) is 1.45. The molecule has 1 amide bonds. The van der Waals surface area contributed by atoms with Crippen LogP contribution in [0.1, 0.15) is 48.2 Å². The van der Waals surface area contributed by atoms with E-state index in [0.29, 0.717) is 11.5 Å². The molecule has 2 heterocycles. The average molecular weight is 298 g/mol. The van der Waals surface area contributed by atoms with Gasteiger partial charge >= 0.3 is 0 Å². The highest BCUT2D eigenvalue weighted by molar-refractivity contribution is 5.95. The number of hydrogen-bond donors (Lipinski definition) is 1. The first-order valence-corrected chi connectivity index (χ1v) is 8.00. The summed E-state index contributed by atoms with van der Waals surface area (Å²) in [6.45, 7) is 2.67. The van der Waals surface area contributed by atoms with Gasteiger partial charge in [0.1, 0.15) is 0 Å². The molecule has 0 aromatic carbocycles. The van der Waals surface area contributed by atoms with Gasteiger partial charge in [0, 0.05) is 12.7 Å². The summed E-state index contributed by atoms with van der Waals surface area (Å²) in [6, 6.07) is 5.65. The first-order chi connectivity index (χ1) is 10.8. The molecule has 0 saturated heterocycles. The minimum absolute atomic E-state index is 0.0368. The number of pyridine rings is 1. The number of amides is 1. The molecule has 1 N–H and O–H groups in total. The molecule has 1 fully saturated rings. The van der Waals surface area contributed by atoms with Gasteiger partial charge in [-0.15, -0.1) is 0 Å². The standard InChI is InChI=1S/C17H22N4O/c1-13-15(12-20-21(13)16-9-5-6-10-18-16)17(22)19-11-14-7-3-2-4-8-14/h5-6,9-10,12,14H,2-4,7-8,11H2,1H3,(H,19,22). The molecule has 22 heavy (non-hydrogen) atoms. The summed E-state index contributed by atoms with van der Waals surface area (Å²) >= 11 is 0. The third-order valence-electron chi connectivity index (χ3n) is 4.40. The van der Waals surface area contributed by atoms with Crippen LogP contribution in [0, 0.1) is 12.8 Å². The third kappa shape index (κ3) is 3.18. The molecular formula is C17H22N4O. The molecule has 0 spiro atoms. The van der Waals surface area contributed by atoms with Crippen molar-refractivity contribution in [3.8, 4) is 5.82 Å². The van der Waals surface area contributed by atoms with Crippen LogP contribution < -0.4 is 5.32 Å². The van der Waals surface area contributed by atoms with Gasteiger partial charge in [0.2, 0.25) is 0 Å². The van der Waals surface area contributed by atoms with Crippen LogP contribution in [0.5, 0.6) is 0 Å². The fraction of sp³-hybridized carbons (Fsp3) is 0.471. The van der Waals surface area contributed by atoms with Crippen LogP contribution in [-0.4, -0.2) is 27.2 Å². The lowest BCUT2D eigenvalue weighted by Gasteiger charge is -2.21. The van der Waals surface area contributed by atoms with Gasteiger partial charge < -0.3 is 5.32 Å². The highest BCUT2D eigenvalue weighted by atomic mass is 16.1. The third-order valence-corrected chi connectivity index (χ3v) is 4.40. The molecule has 5 heteroatoms. The summed E-state index contributed by atoms with van der Waals surface area (Å²) in [5, 5.41) is 7.36. The molecule has 0 aliphatic heterocycles. The average Bonchev–Trinajstić information content (AvgIpc) is 2.96. The number of nitrogens with one attached hydrogen (secondary N) is 1. The van der Waals surface area contributed by atoms with Gasteiger partial charge in [0.05, 0.1) is 17.5 Å². The predicted octanol–water partition coefficient (Wildman–Crippen LogP) is 2.89. The molecule has 116 valence electrons. The van der Waals surface area contributed by atoms with Crippen molar-refractivity contribution in [2.45, 2.75) is 39.0 Å². The van der Waals surface area contributed by atoms with Crippen molar-refractivity contribution in [1.82, 2.24) is 20.1 Å². The van der Waals surface area contributed by atoms with E-state index in [4.69, 9.17) is 0 Å². The normalized spacial score (nSPS) is 15.7. The summed E-state index contributed by atoms with van der Waals surface area (Å²) in [6.07, 6.45) is 9.72. The van der Waals surface area contributed by atoms with Crippen molar-refractivity contribution >= 4 is 5.91 Å². The lowest BCUT2D eigenvalue weighted by molar-refractivity contribution is 0.0943. The minimum atomic E-state index is -0.0368. The van der Waals surface area contributed by atoms with E-state index in [1.54, 1.807) is 17.1 Å². The number of nitrogens with zero attached hydrogens (tertiary/aromatic N) is 3. The molecule has 0 radical (unpaired) electrons. The zero-order chi connectivity index (χ0) is 15.4. The first kappa shape index (κ1) is 14.8. The van der Waals surface area contributed by atoms with Crippen molar-refractivity contribution in [2.75, 3.05) is 6.54 Å². The van der Waals surface area contributed by atoms with Crippen molar-refractivity contribution in [1.29, 1.82) is 0 Å².